The van der Waals surface area contributed by atoms with Crippen molar-refractivity contribution in [3.8, 4) is 0 Å². The van der Waals surface area contributed by atoms with E-state index in [4.69, 9.17) is 9.47 Å². The van der Waals surface area contributed by atoms with Crippen LogP contribution in [0.4, 0.5) is 0 Å². The zero-order valence-corrected chi connectivity index (χ0v) is 14.9. The van der Waals surface area contributed by atoms with Crippen LogP contribution in [0.1, 0.15) is 28.9 Å². The van der Waals surface area contributed by atoms with Crippen LogP contribution in [-0.4, -0.2) is 43.0 Å². The maximum atomic E-state index is 12.6. The van der Waals surface area contributed by atoms with Crippen molar-refractivity contribution in [3.05, 3.63) is 71.8 Å². The predicted octanol–water partition coefficient (Wildman–Crippen LogP) is 2.53. The van der Waals surface area contributed by atoms with Gasteiger partial charge in [-0.05, 0) is 6.92 Å². The van der Waals surface area contributed by atoms with Gasteiger partial charge in [0.2, 0.25) is 5.78 Å². The zero-order valence-electron chi connectivity index (χ0n) is 14.9. The largest absolute Gasteiger partial charge is 0.447 e. The number of Topliss-reactive ketones (excluding diaryl/α,β-unsaturated/α-hetero) is 2. The normalized spacial score (nSPS) is 20.5. The molecule has 0 N–H and O–H groups in total. The molecule has 0 aliphatic carbocycles. The number of ether oxygens (including phenoxy) is 3. The number of ketones is 2. The number of hydrogen-bond donors (Lipinski definition) is 0. The molecule has 6 nitrogen and oxygen atoms in total. The van der Waals surface area contributed by atoms with Gasteiger partial charge in [-0.25, -0.2) is 4.79 Å². The highest BCUT2D eigenvalue weighted by Gasteiger charge is 2.36. The van der Waals surface area contributed by atoms with Gasteiger partial charge in [0.25, 0.3) is 0 Å². The quantitative estimate of drug-likeness (QED) is 0.442. The Labute approximate surface area is 157 Å². The summed E-state index contributed by atoms with van der Waals surface area (Å²) in [5, 5.41) is 0. The average molecular weight is 368 g/mol. The predicted molar refractivity (Wildman–Crippen MR) is 96.2 cm³/mol. The summed E-state index contributed by atoms with van der Waals surface area (Å²) in [5.41, 5.74) is 1.16. The van der Waals surface area contributed by atoms with Crippen LogP contribution in [0, 0.1) is 0 Å². The molecule has 0 aromatic heterocycles. The first kappa shape index (κ1) is 18.9. The molecule has 2 heterocycles. The molecule has 6 heteroatoms. The molecule has 140 valence electrons. The Morgan fingerprint density at radius 2 is 1.41 bits per heavy atom. The molecule has 27 heavy (non-hydrogen) atoms. The monoisotopic (exact) mass is 368 g/mol. The van der Waals surface area contributed by atoms with Gasteiger partial charge in [0.05, 0.1) is 13.2 Å². The highest BCUT2D eigenvalue weighted by Crippen LogP contribution is 2.25. The van der Waals surface area contributed by atoms with Crippen molar-refractivity contribution in [2.45, 2.75) is 25.2 Å². The molecular weight excluding hydrogens is 348 g/mol. The van der Waals surface area contributed by atoms with Crippen molar-refractivity contribution in [2.24, 2.45) is 0 Å². The van der Waals surface area contributed by atoms with Gasteiger partial charge in [-0.3, -0.25) is 9.59 Å². The summed E-state index contributed by atoms with van der Waals surface area (Å²) in [6.07, 6.45) is -1.50. The Balaban J connectivity index is 0.000000299. The van der Waals surface area contributed by atoms with E-state index in [0.717, 1.165) is 0 Å². The lowest BCUT2D eigenvalue weighted by Crippen LogP contribution is -2.22. The van der Waals surface area contributed by atoms with E-state index in [-0.39, 0.29) is 17.7 Å². The van der Waals surface area contributed by atoms with Crippen LogP contribution in [0.25, 0.3) is 0 Å². The van der Waals surface area contributed by atoms with Gasteiger partial charge in [0, 0.05) is 11.1 Å². The zero-order chi connectivity index (χ0) is 19.2. The maximum Gasteiger partial charge on any atom is 0.338 e. The van der Waals surface area contributed by atoms with Gasteiger partial charge in [-0.1, -0.05) is 60.7 Å². The van der Waals surface area contributed by atoms with Crippen molar-refractivity contribution in [1.29, 1.82) is 0 Å². The molecule has 2 fully saturated rings. The Morgan fingerprint density at radius 1 is 0.889 bits per heavy atom. The molecular formula is C21H20O6. The van der Waals surface area contributed by atoms with Crippen LogP contribution in [0.3, 0.4) is 0 Å². The smallest absolute Gasteiger partial charge is 0.338 e. The average Bonchev–Trinajstić information content (AvgIpc) is 3.59. The topological polar surface area (TPSA) is 85.5 Å². The third kappa shape index (κ3) is 5.57. The van der Waals surface area contributed by atoms with Crippen LogP contribution in [0.2, 0.25) is 0 Å². The van der Waals surface area contributed by atoms with Crippen molar-refractivity contribution in [2.75, 3.05) is 13.2 Å². The summed E-state index contributed by atoms with van der Waals surface area (Å²) < 4.78 is 14.9. The van der Waals surface area contributed by atoms with Crippen LogP contribution in [0.15, 0.2) is 60.7 Å². The summed E-state index contributed by atoms with van der Waals surface area (Å²) in [7, 11) is 0. The van der Waals surface area contributed by atoms with Crippen molar-refractivity contribution in [1.82, 2.24) is 0 Å². The molecule has 0 saturated carbocycles. The Kier molecular flexibility index (Phi) is 6.11. The summed E-state index contributed by atoms with van der Waals surface area (Å²) in [6.45, 7) is 2.55. The number of rotatable bonds is 6. The van der Waals surface area contributed by atoms with Gasteiger partial charge in [0.15, 0.2) is 18.0 Å². The van der Waals surface area contributed by atoms with Gasteiger partial charge in [-0.2, -0.15) is 0 Å². The maximum absolute atomic E-state index is 12.6. The Morgan fingerprint density at radius 3 is 1.85 bits per heavy atom. The summed E-state index contributed by atoms with van der Waals surface area (Å²) in [5.74, 6) is -0.584. The summed E-state index contributed by atoms with van der Waals surface area (Å²) in [4.78, 5) is 34.5. The Hall–Kier alpha value is -2.83. The van der Waals surface area contributed by atoms with Gasteiger partial charge >= 0.3 is 5.97 Å². The minimum Gasteiger partial charge on any atom is -0.447 e. The van der Waals surface area contributed by atoms with E-state index in [1.807, 2.05) is 24.3 Å². The highest BCUT2D eigenvalue weighted by atomic mass is 16.6. The van der Waals surface area contributed by atoms with E-state index in [0.29, 0.717) is 24.3 Å². The molecule has 2 aliphatic rings. The molecule has 2 aliphatic heterocycles. The van der Waals surface area contributed by atoms with E-state index in [1.165, 1.54) is 6.92 Å². The van der Waals surface area contributed by atoms with E-state index in [1.54, 1.807) is 36.4 Å². The minimum absolute atomic E-state index is 0.0370. The fourth-order valence-electron chi connectivity index (χ4n) is 2.31. The Bertz CT molecular complexity index is 794. The van der Waals surface area contributed by atoms with Crippen LogP contribution < -0.4 is 0 Å². The fourth-order valence-corrected chi connectivity index (χ4v) is 2.31. The third-order valence-electron chi connectivity index (χ3n) is 4.02. The van der Waals surface area contributed by atoms with E-state index in [9.17, 15) is 14.4 Å². The second-order valence-electron chi connectivity index (χ2n) is 6.21. The third-order valence-corrected chi connectivity index (χ3v) is 4.02. The lowest BCUT2D eigenvalue weighted by atomic mass is 10.00. The lowest BCUT2D eigenvalue weighted by molar-refractivity contribution is -0.148. The molecule has 2 aromatic carbocycles. The van der Waals surface area contributed by atoms with E-state index >= 15 is 0 Å². The minimum atomic E-state index is -0.940. The number of benzene rings is 2. The van der Waals surface area contributed by atoms with Crippen molar-refractivity contribution >= 4 is 17.5 Å². The van der Waals surface area contributed by atoms with Gasteiger partial charge in [0.1, 0.15) is 6.10 Å². The second kappa shape index (κ2) is 8.70. The van der Waals surface area contributed by atoms with Crippen LogP contribution in [0.5, 0.6) is 0 Å². The molecule has 2 aromatic rings. The standard InChI is InChI=1S/C17H14O4.C4H6O2/c18-15(12-7-3-1-4-8-12)16(13-9-5-2-6-10-13)21-17(19)14-11-20-14;1-3(5)4-2-6-4/h1-10,14,16H,11H2;4H,2H2,1H3. The van der Waals surface area contributed by atoms with E-state index < -0.39 is 18.2 Å². The molecule has 4 rings (SSSR count). The summed E-state index contributed by atoms with van der Waals surface area (Å²) in [6, 6.07) is 17.8. The lowest BCUT2D eigenvalue weighted by Gasteiger charge is -2.16. The van der Waals surface area contributed by atoms with Crippen molar-refractivity contribution < 1.29 is 28.6 Å². The van der Waals surface area contributed by atoms with Crippen LogP contribution in [-0.2, 0) is 23.8 Å². The molecule has 0 bridgehead atoms. The first-order chi connectivity index (χ1) is 13.1. The molecule has 3 atom stereocenters. The number of carbonyl (C=O) groups is 3. The molecule has 0 radical (unpaired) electrons. The SMILES string of the molecule is CC(=O)C1CO1.O=C(OC(C(=O)c1ccccc1)c1ccccc1)C1CO1. The molecule has 2 saturated heterocycles. The van der Waals surface area contributed by atoms with Crippen molar-refractivity contribution in [3.63, 3.8) is 0 Å². The van der Waals surface area contributed by atoms with E-state index in [2.05, 4.69) is 4.74 Å². The molecule has 0 amide bonds. The van der Waals surface area contributed by atoms with Gasteiger partial charge in [-0.15, -0.1) is 0 Å². The molecule has 3 unspecified atom stereocenters. The molecule has 0 spiro atoms. The summed E-state index contributed by atoms with van der Waals surface area (Å²) >= 11 is 0. The fraction of sp³-hybridized carbons (Fsp3) is 0.286. The van der Waals surface area contributed by atoms with Gasteiger partial charge < -0.3 is 14.2 Å². The second-order valence-corrected chi connectivity index (χ2v) is 6.21. The number of carbonyl (C=O) groups excluding carboxylic acids is 3. The number of epoxide rings is 2. The van der Waals surface area contributed by atoms with Crippen LogP contribution >= 0.6 is 0 Å². The highest BCUT2D eigenvalue weighted by molar-refractivity contribution is 6.01. The first-order valence-corrected chi connectivity index (χ1v) is 8.64. The first-order valence-electron chi connectivity index (χ1n) is 8.64. The number of hydrogen-bond acceptors (Lipinski definition) is 6. The number of esters is 1.